The third-order valence-electron chi connectivity index (χ3n) is 3.53. The number of hydrogen-bond acceptors (Lipinski definition) is 3. The molecule has 1 aromatic rings. The maximum atomic E-state index is 12.3. The number of aromatic nitrogens is 1. The second kappa shape index (κ2) is 6.66. The lowest BCUT2D eigenvalue weighted by atomic mass is 10.1. The van der Waals surface area contributed by atoms with Gasteiger partial charge in [0.1, 0.15) is 0 Å². The Labute approximate surface area is 114 Å². The van der Waals surface area contributed by atoms with Crippen molar-refractivity contribution < 1.29 is 9.53 Å². The Hall–Kier alpha value is -1.42. The van der Waals surface area contributed by atoms with Gasteiger partial charge in [0, 0.05) is 18.8 Å². The van der Waals surface area contributed by atoms with E-state index in [9.17, 15) is 4.79 Å². The smallest absolute Gasteiger partial charge is 0.223 e. The predicted molar refractivity (Wildman–Crippen MR) is 73.8 cm³/mol. The molecule has 1 aliphatic rings. The second-order valence-electron chi connectivity index (χ2n) is 5.25. The molecule has 104 valence electrons. The summed E-state index contributed by atoms with van der Waals surface area (Å²) in [6.45, 7) is 5.40. The highest BCUT2D eigenvalue weighted by Crippen LogP contribution is 2.15. The summed E-state index contributed by atoms with van der Waals surface area (Å²) in [4.78, 5) is 18.3. The normalized spacial score (nSPS) is 23.4. The van der Waals surface area contributed by atoms with Crippen LogP contribution in [0.1, 0.15) is 32.3 Å². The van der Waals surface area contributed by atoms with Crippen molar-refractivity contribution in [2.45, 2.75) is 45.2 Å². The first kappa shape index (κ1) is 14.0. The van der Waals surface area contributed by atoms with E-state index >= 15 is 0 Å². The number of rotatable bonds is 4. The SMILES string of the molecule is CC1COCC(C)N1C(=O)CCCc1cccnc1. The van der Waals surface area contributed by atoms with Crippen molar-refractivity contribution >= 4 is 5.91 Å². The van der Waals surface area contributed by atoms with Gasteiger partial charge in [-0.2, -0.15) is 0 Å². The van der Waals surface area contributed by atoms with Gasteiger partial charge in [0.2, 0.25) is 5.91 Å². The van der Waals surface area contributed by atoms with Gasteiger partial charge in [0.05, 0.1) is 25.3 Å². The molecule has 0 aromatic carbocycles. The summed E-state index contributed by atoms with van der Waals surface area (Å²) in [5, 5.41) is 0. The third-order valence-corrected chi connectivity index (χ3v) is 3.53. The molecular weight excluding hydrogens is 240 g/mol. The fourth-order valence-electron chi connectivity index (χ4n) is 2.61. The van der Waals surface area contributed by atoms with E-state index in [-0.39, 0.29) is 18.0 Å². The standard InChI is InChI=1S/C15H22N2O2/c1-12-10-19-11-13(2)17(12)15(18)7-3-5-14-6-4-8-16-9-14/h4,6,8-9,12-13H,3,5,7,10-11H2,1-2H3. The number of ether oxygens (including phenoxy) is 1. The van der Waals surface area contributed by atoms with Crippen molar-refractivity contribution in [3.63, 3.8) is 0 Å². The Balaban J connectivity index is 1.80. The highest BCUT2D eigenvalue weighted by molar-refractivity contribution is 5.77. The molecule has 2 atom stereocenters. The lowest BCUT2D eigenvalue weighted by Crippen LogP contribution is -2.52. The van der Waals surface area contributed by atoms with Gasteiger partial charge in [-0.1, -0.05) is 6.07 Å². The van der Waals surface area contributed by atoms with Crippen LogP contribution in [0.3, 0.4) is 0 Å². The summed E-state index contributed by atoms with van der Waals surface area (Å²) in [7, 11) is 0. The van der Waals surface area contributed by atoms with Crippen LogP contribution < -0.4 is 0 Å². The molecule has 1 aromatic heterocycles. The van der Waals surface area contributed by atoms with Crippen molar-refractivity contribution in [2.24, 2.45) is 0 Å². The number of carbonyl (C=O) groups is 1. The fourth-order valence-corrected chi connectivity index (χ4v) is 2.61. The molecule has 4 nitrogen and oxygen atoms in total. The van der Waals surface area contributed by atoms with E-state index in [4.69, 9.17) is 4.74 Å². The fraction of sp³-hybridized carbons (Fsp3) is 0.600. The van der Waals surface area contributed by atoms with Crippen LogP contribution in [0, 0.1) is 0 Å². The first-order valence-electron chi connectivity index (χ1n) is 6.96. The van der Waals surface area contributed by atoms with E-state index in [0.717, 1.165) is 12.8 Å². The van der Waals surface area contributed by atoms with Crippen molar-refractivity contribution in [2.75, 3.05) is 13.2 Å². The maximum Gasteiger partial charge on any atom is 0.223 e. The van der Waals surface area contributed by atoms with E-state index in [1.54, 1.807) is 6.20 Å². The van der Waals surface area contributed by atoms with Crippen LogP contribution in [0.5, 0.6) is 0 Å². The molecule has 0 aliphatic carbocycles. The molecular formula is C15H22N2O2. The quantitative estimate of drug-likeness (QED) is 0.834. The monoisotopic (exact) mass is 262 g/mol. The zero-order valence-corrected chi connectivity index (χ0v) is 11.7. The summed E-state index contributed by atoms with van der Waals surface area (Å²) in [6.07, 6.45) is 6.02. The van der Waals surface area contributed by atoms with E-state index in [0.29, 0.717) is 19.6 Å². The van der Waals surface area contributed by atoms with E-state index < -0.39 is 0 Å². The Morgan fingerprint density at radius 1 is 1.42 bits per heavy atom. The molecule has 1 aliphatic heterocycles. The van der Waals surface area contributed by atoms with Gasteiger partial charge in [-0.25, -0.2) is 0 Å². The van der Waals surface area contributed by atoms with Gasteiger partial charge in [-0.15, -0.1) is 0 Å². The highest BCUT2D eigenvalue weighted by atomic mass is 16.5. The third kappa shape index (κ3) is 3.77. The molecule has 0 bridgehead atoms. The van der Waals surface area contributed by atoms with E-state index in [1.165, 1.54) is 5.56 Å². The van der Waals surface area contributed by atoms with Gasteiger partial charge >= 0.3 is 0 Å². The number of hydrogen-bond donors (Lipinski definition) is 0. The van der Waals surface area contributed by atoms with Crippen LogP contribution >= 0.6 is 0 Å². The van der Waals surface area contributed by atoms with Crippen LogP contribution in [0.15, 0.2) is 24.5 Å². The molecule has 1 saturated heterocycles. The van der Waals surface area contributed by atoms with E-state index in [2.05, 4.69) is 24.9 Å². The summed E-state index contributed by atoms with van der Waals surface area (Å²) < 4.78 is 5.45. The van der Waals surface area contributed by atoms with Crippen LogP contribution in [0.4, 0.5) is 0 Å². The molecule has 0 N–H and O–H groups in total. The van der Waals surface area contributed by atoms with Crippen molar-refractivity contribution in [3.8, 4) is 0 Å². The van der Waals surface area contributed by atoms with Gasteiger partial charge < -0.3 is 9.64 Å². The zero-order valence-electron chi connectivity index (χ0n) is 11.7. The maximum absolute atomic E-state index is 12.3. The molecule has 0 saturated carbocycles. The number of aryl methyl sites for hydroxylation is 1. The minimum absolute atomic E-state index is 0.189. The van der Waals surface area contributed by atoms with Crippen LogP contribution in [-0.4, -0.2) is 41.1 Å². The molecule has 19 heavy (non-hydrogen) atoms. The van der Waals surface area contributed by atoms with Crippen LogP contribution in [-0.2, 0) is 16.0 Å². The first-order chi connectivity index (χ1) is 9.18. The largest absolute Gasteiger partial charge is 0.377 e. The molecule has 4 heteroatoms. The average Bonchev–Trinajstić information content (AvgIpc) is 2.40. The number of pyridine rings is 1. The number of morpholine rings is 1. The Bertz CT molecular complexity index is 398. The predicted octanol–water partition coefficient (Wildman–Crippen LogP) is 2.04. The highest BCUT2D eigenvalue weighted by Gasteiger charge is 2.28. The van der Waals surface area contributed by atoms with Gasteiger partial charge in [-0.3, -0.25) is 9.78 Å². The minimum atomic E-state index is 0.189. The topological polar surface area (TPSA) is 42.4 Å². The summed E-state index contributed by atoms with van der Waals surface area (Å²) in [5.74, 6) is 0.243. The lowest BCUT2D eigenvalue weighted by Gasteiger charge is -2.38. The zero-order chi connectivity index (χ0) is 13.7. The Kier molecular flexibility index (Phi) is 4.91. The van der Waals surface area contributed by atoms with Gasteiger partial charge in [-0.05, 0) is 38.3 Å². The molecule has 2 rings (SSSR count). The van der Waals surface area contributed by atoms with E-state index in [1.807, 2.05) is 17.2 Å². The minimum Gasteiger partial charge on any atom is -0.377 e. The van der Waals surface area contributed by atoms with Gasteiger partial charge in [0.15, 0.2) is 0 Å². The van der Waals surface area contributed by atoms with Crippen molar-refractivity contribution in [3.05, 3.63) is 30.1 Å². The first-order valence-corrected chi connectivity index (χ1v) is 6.96. The summed E-state index contributed by atoms with van der Waals surface area (Å²) >= 11 is 0. The Morgan fingerprint density at radius 3 is 2.79 bits per heavy atom. The van der Waals surface area contributed by atoms with Crippen LogP contribution in [0.25, 0.3) is 0 Å². The molecule has 1 amide bonds. The Morgan fingerprint density at radius 2 is 2.16 bits per heavy atom. The molecule has 0 spiro atoms. The number of carbonyl (C=O) groups excluding carboxylic acids is 1. The summed E-state index contributed by atoms with van der Waals surface area (Å²) in [6, 6.07) is 4.37. The lowest BCUT2D eigenvalue weighted by molar-refractivity contribution is -0.144. The second-order valence-corrected chi connectivity index (χ2v) is 5.25. The summed E-state index contributed by atoms with van der Waals surface area (Å²) in [5.41, 5.74) is 1.19. The van der Waals surface area contributed by atoms with Crippen molar-refractivity contribution in [1.29, 1.82) is 0 Å². The van der Waals surface area contributed by atoms with Gasteiger partial charge in [0.25, 0.3) is 0 Å². The molecule has 2 unspecified atom stereocenters. The number of amides is 1. The van der Waals surface area contributed by atoms with Crippen LogP contribution in [0.2, 0.25) is 0 Å². The average molecular weight is 262 g/mol. The number of nitrogens with zero attached hydrogens (tertiary/aromatic N) is 2. The van der Waals surface area contributed by atoms with Crippen molar-refractivity contribution in [1.82, 2.24) is 9.88 Å². The molecule has 1 fully saturated rings. The molecule has 0 radical (unpaired) electrons. The molecule has 2 heterocycles.